The molecule has 20 heavy (non-hydrogen) atoms. The molecule has 4 heteroatoms. The van der Waals surface area contributed by atoms with Gasteiger partial charge in [0.2, 0.25) is 0 Å². The summed E-state index contributed by atoms with van der Waals surface area (Å²) in [7, 11) is 3.31. The van der Waals surface area contributed by atoms with Crippen molar-refractivity contribution >= 4 is 11.0 Å². The second-order valence-corrected chi connectivity index (χ2v) is 5.62. The van der Waals surface area contributed by atoms with Crippen molar-refractivity contribution in [1.82, 2.24) is 9.97 Å². The van der Waals surface area contributed by atoms with Gasteiger partial charge >= 0.3 is 0 Å². The highest BCUT2D eigenvalue weighted by molar-refractivity contribution is 5.79. The summed E-state index contributed by atoms with van der Waals surface area (Å²) in [5.74, 6) is 3.35. The third-order valence-corrected chi connectivity index (χ3v) is 4.24. The predicted octanol–water partition coefficient (Wildman–Crippen LogP) is 3.70. The van der Waals surface area contributed by atoms with Gasteiger partial charge in [0.25, 0.3) is 0 Å². The summed E-state index contributed by atoms with van der Waals surface area (Å²) >= 11 is 0. The highest BCUT2D eigenvalue weighted by Crippen LogP contribution is 2.32. The summed E-state index contributed by atoms with van der Waals surface area (Å²) < 4.78 is 10.7. The average Bonchev–Trinajstić information content (AvgIpc) is 2.87. The number of methoxy groups -OCH3 is 2. The van der Waals surface area contributed by atoms with Crippen molar-refractivity contribution in [2.75, 3.05) is 14.2 Å². The molecule has 1 saturated carbocycles. The van der Waals surface area contributed by atoms with Crippen molar-refractivity contribution in [2.24, 2.45) is 5.92 Å². The van der Waals surface area contributed by atoms with Gasteiger partial charge in [-0.05, 0) is 5.92 Å². The second-order valence-electron chi connectivity index (χ2n) is 5.62. The number of nitrogens with zero attached hydrogens (tertiary/aromatic N) is 1. The molecule has 0 amide bonds. The van der Waals surface area contributed by atoms with Gasteiger partial charge in [-0.2, -0.15) is 0 Å². The number of rotatable bonds is 4. The van der Waals surface area contributed by atoms with E-state index < -0.39 is 0 Å². The smallest absolute Gasteiger partial charge is 0.163 e. The highest BCUT2D eigenvalue weighted by atomic mass is 16.5. The molecule has 0 unspecified atom stereocenters. The van der Waals surface area contributed by atoms with Gasteiger partial charge < -0.3 is 14.5 Å². The van der Waals surface area contributed by atoms with Crippen LogP contribution in [0.5, 0.6) is 11.5 Å². The average molecular weight is 274 g/mol. The minimum absolute atomic E-state index is 0.732. The van der Waals surface area contributed by atoms with Gasteiger partial charge in [0.05, 0.1) is 25.3 Å². The van der Waals surface area contributed by atoms with E-state index in [1.54, 1.807) is 14.2 Å². The molecule has 4 nitrogen and oxygen atoms in total. The first-order chi connectivity index (χ1) is 9.80. The lowest BCUT2D eigenvalue weighted by Gasteiger charge is -2.20. The number of ether oxygens (including phenoxy) is 2. The van der Waals surface area contributed by atoms with E-state index in [0.29, 0.717) is 0 Å². The number of hydrogen-bond acceptors (Lipinski definition) is 3. The zero-order valence-corrected chi connectivity index (χ0v) is 12.2. The molecular formula is C16H22N2O2. The van der Waals surface area contributed by atoms with Crippen LogP contribution in [0.4, 0.5) is 0 Å². The first-order valence-electron chi connectivity index (χ1n) is 7.40. The van der Waals surface area contributed by atoms with E-state index in [1.807, 2.05) is 12.1 Å². The van der Waals surface area contributed by atoms with Crippen molar-refractivity contribution in [3.63, 3.8) is 0 Å². The second kappa shape index (κ2) is 5.73. The number of nitrogens with one attached hydrogen (secondary N) is 1. The third kappa shape index (κ3) is 2.60. The molecule has 2 aromatic rings. The number of fused-ring (bicyclic) bond motifs is 1. The van der Waals surface area contributed by atoms with E-state index >= 15 is 0 Å². The molecule has 0 radical (unpaired) electrons. The van der Waals surface area contributed by atoms with Crippen LogP contribution in [0.3, 0.4) is 0 Å². The maximum absolute atomic E-state index is 5.33. The molecule has 108 valence electrons. The first-order valence-corrected chi connectivity index (χ1v) is 7.40. The Morgan fingerprint density at radius 2 is 1.80 bits per heavy atom. The number of H-pyrrole nitrogens is 1. The topological polar surface area (TPSA) is 47.1 Å². The van der Waals surface area contributed by atoms with Crippen LogP contribution in [0, 0.1) is 5.92 Å². The number of aromatic amines is 1. The van der Waals surface area contributed by atoms with Crippen molar-refractivity contribution in [3.05, 3.63) is 18.0 Å². The largest absolute Gasteiger partial charge is 0.493 e. The maximum Gasteiger partial charge on any atom is 0.163 e. The van der Waals surface area contributed by atoms with Crippen LogP contribution in [0.25, 0.3) is 11.0 Å². The van der Waals surface area contributed by atoms with Crippen molar-refractivity contribution < 1.29 is 9.47 Å². The summed E-state index contributed by atoms with van der Waals surface area (Å²) in [4.78, 5) is 8.12. The Kier molecular flexibility index (Phi) is 3.81. The first kappa shape index (κ1) is 13.3. The van der Waals surface area contributed by atoms with Crippen LogP contribution in [0.1, 0.15) is 37.9 Å². The van der Waals surface area contributed by atoms with Gasteiger partial charge in [0.1, 0.15) is 5.82 Å². The van der Waals surface area contributed by atoms with Gasteiger partial charge in [0, 0.05) is 18.6 Å². The molecular weight excluding hydrogens is 252 g/mol. The summed E-state index contributed by atoms with van der Waals surface area (Å²) in [6.07, 6.45) is 7.86. The van der Waals surface area contributed by atoms with Gasteiger partial charge in [-0.3, -0.25) is 0 Å². The number of imidazole rings is 1. The normalized spacial score (nSPS) is 16.5. The Hall–Kier alpha value is -1.71. The molecule has 3 rings (SSSR count). The highest BCUT2D eigenvalue weighted by Gasteiger charge is 2.16. The van der Waals surface area contributed by atoms with Gasteiger partial charge in [-0.25, -0.2) is 4.98 Å². The van der Waals surface area contributed by atoms with E-state index in [-0.39, 0.29) is 0 Å². The van der Waals surface area contributed by atoms with Crippen LogP contribution in [-0.2, 0) is 6.42 Å². The molecule has 1 N–H and O–H groups in total. The molecule has 0 aliphatic heterocycles. The lowest BCUT2D eigenvalue weighted by atomic mass is 9.87. The Balaban J connectivity index is 1.85. The minimum atomic E-state index is 0.732. The Labute approximate surface area is 119 Å². The fourth-order valence-corrected chi connectivity index (χ4v) is 3.15. The number of aromatic nitrogens is 2. The fraction of sp³-hybridized carbons (Fsp3) is 0.562. The number of hydrogen-bond donors (Lipinski definition) is 1. The summed E-state index contributed by atoms with van der Waals surface area (Å²) in [5.41, 5.74) is 1.97. The van der Waals surface area contributed by atoms with Crippen molar-refractivity contribution in [2.45, 2.75) is 38.5 Å². The van der Waals surface area contributed by atoms with Gasteiger partial charge in [-0.1, -0.05) is 32.1 Å². The summed E-state index contributed by atoms with van der Waals surface area (Å²) in [6.45, 7) is 0. The molecule has 1 aromatic heterocycles. The molecule has 1 heterocycles. The van der Waals surface area contributed by atoms with Crippen LogP contribution >= 0.6 is 0 Å². The quantitative estimate of drug-likeness (QED) is 0.924. The molecule has 1 fully saturated rings. The molecule has 1 aliphatic carbocycles. The van der Waals surface area contributed by atoms with E-state index in [1.165, 1.54) is 32.1 Å². The van der Waals surface area contributed by atoms with Crippen LogP contribution in [0.2, 0.25) is 0 Å². The van der Waals surface area contributed by atoms with E-state index in [2.05, 4.69) is 4.98 Å². The minimum Gasteiger partial charge on any atom is -0.493 e. The molecule has 0 atom stereocenters. The standard InChI is InChI=1S/C16H22N2O2/c1-19-14-9-12-13(10-15(14)20-2)18-16(17-12)8-11-6-4-3-5-7-11/h9-11H,3-8H2,1-2H3,(H,17,18). The Morgan fingerprint density at radius 1 is 1.10 bits per heavy atom. The molecule has 0 spiro atoms. The van der Waals surface area contributed by atoms with Crippen molar-refractivity contribution in [1.29, 1.82) is 0 Å². The fourth-order valence-electron chi connectivity index (χ4n) is 3.15. The zero-order chi connectivity index (χ0) is 13.9. The SMILES string of the molecule is COc1cc2nc(CC3CCCCC3)[nH]c2cc1OC. The van der Waals surface area contributed by atoms with Gasteiger partial charge in [-0.15, -0.1) is 0 Å². The van der Waals surface area contributed by atoms with Crippen LogP contribution < -0.4 is 9.47 Å². The monoisotopic (exact) mass is 274 g/mol. The summed E-state index contributed by atoms with van der Waals surface area (Å²) in [6, 6.07) is 3.90. The lowest BCUT2D eigenvalue weighted by molar-refractivity contribution is 0.352. The van der Waals surface area contributed by atoms with Crippen LogP contribution in [0.15, 0.2) is 12.1 Å². The molecule has 1 aliphatic rings. The summed E-state index contributed by atoms with van der Waals surface area (Å²) in [5, 5.41) is 0. The Morgan fingerprint density at radius 3 is 2.50 bits per heavy atom. The number of benzene rings is 1. The van der Waals surface area contributed by atoms with Crippen LogP contribution in [-0.4, -0.2) is 24.2 Å². The predicted molar refractivity (Wildman–Crippen MR) is 79.5 cm³/mol. The third-order valence-electron chi connectivity index (χ3n) is 4.24. The van der Waals surface area contributed by atoms with Crippen molar-refractivity contribution in [3.8, 4) is 11.5 Å². The zero-order valence-electron chi connectivity index (χ0n) is 12.2. The van der Waals surface area contributed by atoms with E-state index in [0.717, 1.165) is 40.7 Å². The lowest BCUT2D eigenvalue weighted by Crippen LogP contribution is -2.10. The van der Waals surface area contributed by atoms with Gasteiger partial charge in [0.15, 0.2) is 11.5 Å². The maximum atomic E-state index is 5.33. The molecule has 1 aromatic carbocycles. The van der Waals surface area contributed by atoms with E-state index in [4.69, 9.17) is 14.5 Å². The molecule has 0 saturated heterocycles. The molecule has 0 bridgehead atoms. The van der Waals surface area contributed by atoms with E-state index in [9.17, 15) is 0 Å². The Bertz CT molecular complexity index is 544.